The molecule has 0 aromatic carbocycles. The van der Waals surface area contributed by atoms with E-state index in [1.807, 2.05) is 13.8 Å². The zero-order valence-corrected chi connectivity index (χ0v) is 11.4. The van der Waals surface area contributed by atoms with Crippen LogP contribution in [0.25, 0.3) is 0 Å². The van der Waals surface area contributed by atoms with Gasteiger partial charge >= 0.3 is 0 Å². The SMILES string of the molecule is C[NH+]1CCN(CC(C)(C)C(=O)NCC(=O)[O-])CC1. The number of hydrogen-bond donors (Lipinski definition) is 2. The number of nitrogens with zero attached hydrogens (tertiary/aromatic N) is 1. The Morgan fingerprint density at radius 3 is 2.39 bits per heavy atom. The lowest BCUT2D eigenvalue weighted by Crippen LogP contribution is -3.12. The fourth-order valence-corrected chi connectivity index (χ4v) is 2.12. The highest BCUT2D eigenvalue weighted by molar-refractivity contribution is 5.85. The van der Waals surface area contributed by atoms with Crippen LogP contribution in [0.2, 0.25) is 0 Å². The molecule has 1 aliphatic heterocycles. The molecule has 0 aliphatic carbocycles. The van der Waals surface area contributed by atoms with Crippen molar-refractivity contribution in [1.29, 1.82) is 0 Å². The summed E-state index contributed by atoms with van der Waals surface area (Å²) in [6.45, 7) is 8.01. The second-order valence-corrected chi connectivity index (χ2v) is 5.67. The molecule has 0 atom stereocenters. The minimum atomic E-state index is -1.26. The van der Waals surface area contributed by atoms with Crippen LogP contribution in [-0.4, -0.2) is 63.1 Å². The Balaban J connectivity index is 2.42. The Labute approximate surface area is 108 Å². The molecule has 1 fully saturated rings. The Morgan fingerprint density at radius 1 is 1.33 bits per heavy atom. The van der Waals surface area contributed by atoms with Crippen molar-refractivity contribution in [3.63, 3.8) is 0 Å². The minimum absolute atomic E-state index is 0.238. The Morgan fingerprint density at radius 2 is 1.89 bits per heavy atom. The van der Waals surface area contributed by atoms with Gasteiger partial charge in [0.1, 0.15) is 0 Å². The zero-order valence-electron chi connectivity index (χ0n) is 11.4. The van der Waals surface area contributed by atoms with E-state index >= 15 is 0 Å². The zero-order chi connectivity index (χ0) is 13.8. The summed E-state index contributed by atoms with van der Waals surface area (Å²) in [7, 11) is 2.16. The molecule has 0 aromatic rings. The van der Waals surface area contributed by atoms with Crippen molar-refractivity contribution in [2.75, 3.05) is 46.3 Å². The van der Waals surface area contributed by atoms with E-state index in [0.717, 1.165) is 26.2 Å². The number of aliphatic carboxylic acids is 1. The molecule has 104 valence electrons. The van der Waals surface area contributed by atoms with Crippen molar-refractivity contribution >= 4 is 11.9 Å². The maximum Gasteiger partial charge on any atom is 0.227 e. The van der Waals surface area contributed by atoms with Crippen LogP contribution in [0.3, 0.4) is 0 Å². The lowest BCUT2D eigenvalue weighted by atomic mass is 9.91. The van der Waals surface area contributed by atoms with Crippen molar-refractivity contribution in [3.8, 4) is 0 Å². The number of carboxylic acids is 1. The fourth-order valence-electron chi connectivity index (χ4n) is 2.12. The molecule has 0 aromatic heterocycles. The predicted molar refractivity (Wildman–Crippen MR) is 64.9 cm³/mol. The van der Waals surface area contributed by atoms with E-state index in [1.165, 1.54) is 4.90 Å². The van der Waals surface area contributed by atoms with Gasteiger partial charge in [0.05, 0.1) is 38.1 Å². The van der Waals surface area contributed by atoms with Crippen molar-refractivity contribution in [3.05, 3.63) is 0 Å². The first kappa shape index (κ1) is 14.9. The van der Waals surface area contributed by atoms with E-state index in [0.29, 0.717) is 6.54 Å². The highest BCUT2D eigenvalue weighted by atomic mass is 16.4. The van der Waals surface area contributed by atoms with Gasteiger partial charge in [-0.15, -0.1) is 0 Å². The van der Waals surface area contributed by atoms with E-state index in [2.05, 4.69) is 17.3 Å². The lowest BCUT2D eigenvalue weighted by molar-refractivity contribution is -0.884. The molecule has 1 rings (SSSR count). The molecule has 6 nitrogen and oxygen atoms in total. The van der Waals surface area contributed by atoms with Crippen molar-refractivity contribution in [2.24, 2.45) is 5.41 Å². The molecule has 1 aliphatic rings. The standard InChI is InChI=1S/C12H23N3O3/c1-12(2,11(18)13-8-10(16)17)9-15-6-4-14(3)5-7-15/h4-9H2,1-3H3,(H,13,18)(H,16,17). The summed E-state index contributed by atoms with van der Waals surface area (Å²) in [5.41, 5.74) is -0.583. The second-order valence-electron chi connectivity index (χ2n) is 5.67. The third kappa shape index (κ3) is 4.62. The van der Waals surface area contributed by atoms with Gasteiger partial charge in [0.25, 0.3) is 0 Å². The molecule has 0 spiro atoms. The van der Waals surface area contributed by atoms with Gasteiger partial charge in [0, 0.05) is 19.6 Å². The molecule has 0 radical (unpaired) electrons. The second kappa shape index (κ2) is 6.15. The quantitative estimate of drug-likeness (QED) is 0.541. The van der Waals surface area contributed by atoms with Crippen LogP contribution in [0.5, 0.6) is 0 Å². The Hall–Kier alpha value is -1.14. The van der Waals surface area contributed by atoms with Crippen LogP contribution in [0, 0.1) is 5.41 Å². The van der Waals surface area contributed by atoms with Gasteiger partial charge in [-0.3, -0.25) is 9.69 Å². The van der Waals surface area contributed by atoms with Gasteiger partial charge in [0.15, 0.2) is 0 Å². The molecule has 2 N–H and O–H groups in total. The summed E-state index contributed by atoms with van der Waals surface area (Å²) in [4.78, 5) is 26.0. The molecule has 18 heavy (non-hydrogen) atoms. The number of piperazine rings is 1. The van der Waals surface area contributed by atoms with E-state index in [4.69, 9.17) is 0 Å². The average molecular weight is 257 g/mol. The Kier molecular flexibility index (Phi) is 5.10. The summed E-state index contributed by atoms with van der Waals surface area (Å²) >= 11 is 0. The van der Waals surface area contributed by atoms with Crippen molar-refractivity contribution in [2.45, 2.75) is 13.8 Å². The predicted octanol–water partition coefficient (Wildman–Crippen LogP) is -3.29. The number of rotatable bonds is 5. The van der Waals surface area contributed by atoms with Crippen LogP contribution in [0.1, 0.15) is 13.8 Å². The van der Waals surface area contributed by atoms with Crippen molar-refractivity contribution in [1.82, 2.24) is 10.2 Å². The molecule has 1 amide bonds. The highest BCUT2D eigenvalue weighted by Crippen LogP contribution is 2.17. The third-order valence-corrected chi connectivity index (χ3v) is 3.34. The topological polar surface area (TPSA) is 76.9 Å². The average Bonchev–Trinajstić information content (AvgIpc) is 2.28. The normalized spacial score (nSPS) is 18.6. The minimum Gasteiger partial charge on any atom is -0.548 e. The van der Waals surface area contributed by atoms with Gasteiger partial charge in [0.2, 0.25) is 5.91 Å². The van der Waals surface area contributed by atoms with Gasteiger partial charge in [-0.05, 0) is 13.8 Å². The highest BCUT2D eigenvalue weighted by Gasteiger charge is 2.31. The molecule has 0 bridgehead atoms. The summed E-state index contributed by atoms with van der Waals surface area (Å²) in [6, 6.07) is 0. The smallest absolute Gasteiger partial charge is 0.227 e. The number of quaternary nitrogens is 1. The monoisotopic (exact) mass is 257 g/mol. The number of likely N-dealkylation sites (N-methyl/N-ethyl adjacent to an activating group) is 1. The van der Waals surface area contributed by atoms with E-state index in [9.17, 15) is 14.7 Å². The molecule has 0 unspecified atom stereocenters. The number of amides is 1. The molecular formula is C12H23N3O3. The molecule has 1 heterocycles. The van der Waals surface area contributed by atoms with Crippen LogP contribution < -0.4 is 15.3 Å². The molecular weight excluding hydrogens is 234 g/mol. The summed E-state index contributed by atoms with van der Waals surface area (Å²) in [5.74, 6) is -1.50. The maximum atomic E-state index is 11.9. The first-order chi connectivity index (χ1) is 8.31. The lowest BCUT2D eigenvalue weighted by Gasteiger charge is -2.35. The summed E-state index contributed by atoms with van der Waals surface area (Å²) in [6.07, 6.45) is 0. The van der Waals surface area contributed by atoms with Gasteiger partial charge in [-0.25, -0.2) is 0 Å². The van der Waals surface area contributed by atoms with Gasteiger partial charge in [-0.1, -0.05) is 0 Å². The summed E-state index contributed by atoms with van der Waals surface area (Å²) in [5, 5.41) is 12.7. The summed E-state index contributed by atoms with van der Waals surface area (Å²) < 4.78 is 0. The van der Waals surface area contributed by atoms with E-state index < -0.39 is 17.9 Å². The van der Waals surface area contributed by atoms with Crippen LogP contribution >= 0.6 is 0 Å². The van der Waals surface area contributed by atoms with E-state index in [1.54, 1.807) is 0 Å². The number of carbonyl (C=O) groups excluding carboxylic acids is 2. The number of hydrogen-bond acceptors (Lipinski definition) is 4. The molecule has 0 saturated carbocycles. The number of carbonyl (C=O) groups is 2. The number of carboxylic acid groups (broad SMARTS) is 1. The fraction of sp³-hybridized carbons (Fsp3) is 0.833. The Bertz CT molecular complexity index is 310. The van der Waals surface area contributed by atoms with Crippen LogP contribution in [0.4, 0.5) is 0 Å². The van der Waals surface area contributed by atoms with E-state index in [-0.39, 0.29) is 5.91 Å². The molecule has 6 heteroatoms. The van der Waals surface area contributed by atoms with Crippen LogP contribution in [0.15, 0.2) is 0 Å². The largest absolute Gasteiger partial charge is 0.548 e. The first-order valence-electron chi connectivity index (χ1n) is 6.33. The van der Waals surface area contributed by atoms with Gasteiger partial charge in [-0.2, -0.15) is 0 Å². The third-order valence-electron chi connectivity index (χ3n) is 3.34. The van der Waals surface area contributed by atoms with Crippen LogP contribution in [-0.2, 0) is 9.59 Å². The maximum absolute atomic E-state index is 11.9. The van der Waals surface area contributed by atoms with Gasteiger partial charge < -0.3 is 20.1 Å². The number of nitrogens with one attached hydrogen (secondary N) is 2. The molecule has 1 saturated heterocycles. The van der Waals surface area contributed by atoms with Crippen molar-refractivity contribution < 1.29 is 19.6 Å². The first-order valence-corrected chi connectivity index (χ1v) is 6.33.